The van der Waals surface area contributed by atoms with E-state index in [1.165, 1.54) is 32.1 Å². The van der Waals surface area contributed by atoms with Crippen LogP contribution >= 0.6 is 0 Å². The first kappa shape index (κ1) is 14.8. The Hall–Kier alpha value is -2.17. The van der Waals surface area contributed by atoms with Crippen LogP contribution in [0.1, 0.15) is 32.1 Å². The molecule has 1 fully saturated rings. The molecule has 22 heavy (non-hydrogen) atoms. The maximum absolute atomic E-state index is 12.2. The van der Waals surface area contributed by atoms with E-state index in [9.17, 15) is 4.79 Å². The highest BCUT2D eigenvalue weighted by atomic mass is 16.1. The minimum atomic E-state index is -0.0482. The molecule has 1 aliphatic carbocycles. The number of hydrogen-bond acceptors (Lipinski definition) is 4. The molecular formula is C17H22N4O. The molecule has 2 heterocycles. The SMILES string of the molecule is Cn1c(NCC2CCCCC2)nc(-c2ccncc2)cc1=O. The number of aromatic nitrogens is 3. The Labute approximate surface area is 130 Å². The first-order valence-corrected chi connectivity index (χ1v) is 7.96. The zero-order valence-electron chi connectivity index (χ0n) is 13.0. The number of hydrogen-bond donors (Lipinski definition) is 1. The van der Waals surface area contributed by atoms with Gasteiger partial charge in [0.1, 0.15) is 0 Å². The Kier molecular flexibility index (Phi) is 4.51. The Morgan fingerprint density at radius 1 is 1.23 bits per heavy atom. The van der Waals surface area contributed by atoms with Crippen molar-refractivity contribution in [2.75, 3.05) is 11.9 Å². The molecule has 0 aromatic carbocycles. The molecule has 2 aromatic rings. The summed E-state index contributed by atoms with van der Waals surface area (Å²) >= 11 is 0. The molecular weight excluding hydrogens is 276 g/mol. The first-order valence-electron chi connectivity index (χ1n) is 7.96. The average molecular weight is 298 g/mol. The van der Waals surface area contributed by atoms with Gasteiger partial charge in [-0.25, -0.2) is 4.98 Å². The standard InChI is InChI=1S/C17H22N4O/c1-21-16(22)11-15(14-7-9-18-10-8-14)20-17(21)19-12-13-5-3-2-4-6-13/h7-11,13H,2-6,12H2,1H3,(H,19,20). The maximum atomic E-state index is 12.2. The van der Waals surface area contributed by atoms with Crippen molar-refractivity contribution < 1.29 is 0 Å². The van der Waals surface area contributed by atoms with Crippen LogP contribution in [0.15, 0.2) is 35.4 Å². The van der Waals surface area contributed by atoms with Crippen LogP contribution in [-0.2, 0) is 7.05 Å². The predicted octanol–water partition coefficient (Wildman–Crippen LogP) is 2.83. The van der Waals surface area contributed by atoms with Crippen LogP contribution < -0.4 is 10.9 Å². The number of nitrogens with one attached hydrogen (secondary N) is 1. The van der Waals surface area contributed by atoms with Crippen LogP contribution in [0.2, 0.25) is 0 Å². The summed E-state index contributed by atoms with van der Waals surface area (Å²) in [6.45, 7) is 0.889. The van der Waals surface area contributed by atoms with Gasteiger partial charge in [-0.2, -0.15) is 0 Å². The van der Waals surface area contributed by atoms with Crippen LogP contribution in [-0.4, -0.2) is 21.1 Å². The summed E-state index contributed by atoms with van der Waals surface area (Å²) in [5, 5.41) is 3.37. The molecule has 116 valence electrons. The second-order valence-electron chi connectivity index (χ2n) is 5.98. The minimum Gasteiger partial charge on any atom is -0.355 e. The van der Waals surface area contributed by atoms with Crippen molar-refractivity contribution in [3.05, 3.63) is 40.9 Å². The molecule has 5 heteroatoms. The lowest BCUT2D eigenvalue weighted by atomic mass is 9.89. The topological polar surface area (TPSA) is 59.8 Å². The zero-order chi connectivity index (χ0) is 15.4. The molecule has 1 saturated carbocycles. The highest BCUT2D eigenvalue weighted by Gasteiger charge is 2.14. The predicted molar refractivity (Wildman–Crippen MR) is 87.8 cm³/mol. The van der Waals surface area contributed by atoms with E-state index in [-0.39, 0.29) is 5.56 Å². The van der Waals surface area contributed by atoms with Crippen molar-refractivity contribution in [2.24, 2.45) is 13.0 Å². The van der Waals surface area contributed by atoms with Gasteiger partial charge in [-0.15, -0.1) is 0 Å². The van der Waals surface area contributed by atoms with E-state index >= 15 is 0 Å². The molecule has 1 N–H and O–H groups in total. The van der Waals surface area contributed by atoms with Gasteiger partial charge in [0.15, 0.2) is 0 Å². The van der Waals surface area contributed by atoms with E-state index in [1.54, 1.807) is 30.1 Å². The second kappa shape index (κ2) is 6.73. The third-order valence-corrected chi connectivity index (χ3v) is 4.38. The number of nitrogens with zero attached hydrogens (tertiary/aromatic N) is 3. The lowest BCUT2D eigenvalue weighted by Gasteiger charge is -2.22. The van der Waals surface area contributed by atoms with E-state index in [1.807, 2.05) is 12.1 Å². The van der Waals surface area contributed by atoms with Crippen molar-refractivity contribution in [3.63, 3.8) is 0 Å². The molecule has 5 nitrogen and oxygen atoms in total. The quantitative estimate of drug-likeness (QED) is 0.943. The monoisotopic (exact) mass is 298 g/mol. The smallest absolute Gasteiger partial charge is 0.255 e. The summed E-state index contributed by atoms with van der Waals surface area (Å²) in [4.78, 5) is 20.8. The van der Waals surface area contributed by atoms with Gasteiger partial charge in [0.05, 0.1) is 5.69 Å². The molecule has 3 rings (SSSR count). The van der Waals surface area contributed by atoms with Gasteiger partial charge in [0.2, 0.25) is 5.95 Å². The summed E-state index contributed by atoms with van der Waals surface area (Å²) in [5.41, 5.74) is 1.55. The first-order chi connectivity index (χ1) is 10.7. The molecule has 1 aliphatic rings. The summed E-state index contributed by atoms with van der Waals surface area (Å²) in [6, 6.07) is 5.31. The van der Waals surface area contributed by atoms with Gasteiger partial charge in [0, 0.05) is 37.6 Å². The van der Waals surface area contributed by atoms with Crippen LogP contribution in [0.5, 0.6) is 0 Å². The van der Waals surface area contributed by atoms with E-state index in [2.05, 4.69) is 15.3 Å². The van der Waals surface area contributed by atoms with Gasteiger partial charge in [0.25, 0.3) is 5.56 Å². The highest BCUT2D eigenvalue weighted by molar-refractivity contribution is 5.59. The van der Waals surface area contributed by atoms with Crippen LogP contribution in [0.25, 0.3) is 11.3 Å². The maximum Gasteiger partial charge on any atom is 0.255 e. The number of rotatable bonds is 4. The third kappa shape index (κ3) is 3.35. The zero-order valence-corrected chi connectivity index (χ0v) is 13.0. The van der Waals surface area contributed by atoms with Gasteiger partial charge in [-0.3, -0.25) is 14.3 Å². The van der Waals surface area contributed by atoms with Gasteiger partial charge in [-0.05, 0) is 30.9 Å². The summed E-state index contributed by atoms with van der Waals surface area (Å²) in [5.74, 6) is 1.33. The number of anilines is 1. The summed E-state index contributed by atoms with van der Waals surface area (Å²) in [7, 11) is 1.76. The lowest BCUT2D eigenvalue weighted by Crippen LogP contribution is -2.25. The van der Waals surface area contributed by atoms with Gasteiger partial charge in [-0.1, -0.05) is 19.3 Å². The van der Waals surface area contributed by atoms with E-state index in [4.69, 9.17) is 0 Å². The highest BCUT2D eigenvalue weighted by Crippen LogP contribution is 2.24. The fraction of sp³-hybridized carbons (Fsp3) is 0.471. The Balaban J connectivity index is 1.81. The molecule has 0 bridgehead atoms. The Morgan fingerprint density at radius 2 is 1.95 bits per heavy atom. The van der Waals surface area contributed by atoms with Gasteiger partial charge >= 0.3 is 0 Å². The normalized spacial score (nSPS) is 15.7. The Morgan fingerprint density at radius 3 is 2.68 bits per heavy atom. The van der Waals surface area contributed by atoms with Gasteiger partial charge < -0.3 is 5.32 Å². The van der Waals surface area contributed by atoms with Crippen LogP contribution in [0.3, 0.4) is 0 Å². The van der Waals surface area contributed by atoms with Crippen molar-refractivity contribution in [1.29, 1.82) is 0 Å². The van der Waals surface area contributed by atoms with E-state index in [0.29, 0.717) is 17.6 Å². The van der Waals surface area contributed by atoms with Crippen molar-refractivity contribution >= 4 is 5.95 Å². The van der Waals surface area contributed by atoms with Crippen molar-refractivity contribution in [3.8, 4) is 11.3 Å². The largest absolute Gasteiger partial charge is 0.355 e. The van der Waals surface area contributed by atoms with Crippen molar-refractivity contribution in [1.82, 2.24) is 14.5 Å². The molecule has 2 aromatic heterocycles. The average Bonchev–Trinajstić information content (AvgIpc) is 2.58. The minimum absolute atomic E-state index is 0.0482. The van der Waals surface area contributed by atoms with Crippen LogP contribution in [0, 0.1) is 5.92 Å². The van der Waals surface area contributed by atoms with Crippen molar-refractivity contribution in [2.45, 2.75) is 32.1 Å². The Bertz CT molecular complexity index is 675. The van der Waals surface area contributed by atoms with E-state index in [0.717, 1.165) is 12.1 Å². The molecule has 0 radical (unpaired) electrons. The second-order valence-corrected chi connectivity index (χ2v) is 5.98. The summed E-state index contributed by atoms with van der Waals surface area (Å²) in [6.07, 6.45) is 9.94. The molecule has 0 unspecified atom stereocenters. The molecule has 0 amide bonds. The van der Waals surface area contributed by atoms with Crippen LogP contribution in [0.4, 0.5) is 5.95 Å². The van der Waals surface area contributed by atoms with E-state index < -0.39 is 0 Å². The molecule has 0 saturated heterocycles. The number of pyridine rings is 1. The molecule has 0 spiro atoms. The fourth-order valence-corrected chi connectivity index (χ4v) is 3.00. The summed E-state index contributed by atoms with van der Waals surface area (Å²) < 4.78 is 1.58. The third-order valence-electron chi connectivity index (χ3n) is 4.38. The fourth-order valence-electron chi connectivity index (χ4n) is 3.00. The lowest BCUT2D eigenvalue weighted by molar-refractivity contribution is 0.372. The molecule has 0 aliphatic heterocycles. The molecule has 0 atom stereocenters.